The van der Waals surface area contributed by atoms with Gasteiger partial charge in [0.25, 0.3) is 5.91 Å². The number of nitrogens with zero attached hydrogens (tertiary/aromatic N) is 4. The smallest absolute Gasteiger partial charge is 0.257 e. The van der Waals surface area contributed by atoms with Crippen molar-refractivity contribution in [3.8, 4) is 0 Å². The number of nitrogens with one attached hydrogen (secondary N) is 1. The van der Waals surface area contributed by atoms with Gasteiger partial charge in [0, 0.05) is 31.0 Å². The first-order chi connectivity index (χ1) is 12.0. The van der Waals surface area contributed by atoms with Gasteiger partial charge in [-0.25, -0.2) is 0 Å². The Morgan fingerprint density at radius 3 is 2.84 bits per heavy atom. The molecule has 2 aromatic rings. The maximum absolute atomic E-state index is 13.1. The van der Waals surface area contributed by atoms with E-state index < -0.39 is 0 Å². The van der Waals surface area contributed by atoms with Gasteiger partial charge in [-0.15, -0.1) is 0 Å². The quantitative estimate of drug-likeness (QED) is 0.907. The lowest BCUT2D eigenvalue weighted by molar-refractivity contribution is 0.0671. The van der Waals surface area contributed by atoms with Gasteiger partial charge in [0.1, 0.15) is 0 Å². The lowest BCUT2D eigenvalue weighted by Gasteiger charge is -2.33. The molecule has 1 amide bonds. The maximum Gasteiger partial charge on any atom is 0.257 e. The molecule has 0 aromatic carbocycles. The molecule has 0 spiro atoms. The fourth-order valence-electron chi connectivity index (χ4n) is 3.88. The highest BCUT2D eigenvalue weighted by atomic mass is 16.2. The van der Waals surface area contributed by atoms with Crippen molar-refractivity contribution < 1.29 is 4.79 Å². The number of carbonyl (C=O) groups is 1. The Kier molecular flexibility index (Phi) is 5.25. The van der Waals surface area contributed by atoms with Gasteiger partial charge in [-0.2, -0.15) is 10.2 Å². The van der Waals surface area contributed by atoms with Gasteiger partial charge in [-0.3, -0.25) is 14.6 Å². The van der Waals surface area contributed by atoms with Crippen molar-refractivity contribution in [2.45, 2.75) is 59.9 Å². The van der Waals surface area contributed by atoms with E-state index in [2.05, 4.69) is 29.1 Å². The monoisotopic (exact) mass is 343 g/mol. The van der Waals surface area contributed by atoms with E-state index in [4.69, 9.17) is 0 Å². The summed E-state index contributed by atoms with van der Waals surface area (Å²) < 4.78 is 1.97. The third-order valence-corrected chi connectivity index (χ3v) is 5.26. The summed E-state index contributed by atoms with van der Waals surface area (Å²) in [6, 6.07) is 0. The Morgan fingerprint density at radius 2 is 2.16 bits per heavy atom. The summed E-state index contributed by atoms with van der Waals surface area (Å²) in [5, 5.41) is 11.8. The summed E-state index contributed by atoms with van der Waals surface area (Å²) in [5.41, 5.74) is 5.04. The molecule has 6 heteroatoms. The third-order valence-electron chi connectivity index (χ3n) is 5.26. The van der Waals surface area contributed by atoms with Crippen LogP contribution in [0.2, 0.25) is 0 Å². The van der Waals surface area contributed by atoms with Crippen LogP contribution in [0.25, 0.3) is 0 Å². The molecule has 3 heterocycles. The molecule has 25 heavy (non-hydrogen) atoms. The number of likely N-dealkylation sites (tertiary alicyclic amines) is 1. The molecule has 2 aromatic heterocycles. The lowest BCUT2D eigenvalue weighted by atomic mass is 9.92. The molecule has 1 fully saturated rings. The number of hydrogen-bond acceptors (Lipinski definition) is 3. The van der Waals surface area contributed by atoms with E-state index in [0.717, 1.165) is 62.3 Å². The minimum atomic E-state index is 0.142. The Morgan fingerprint density at radius 1 is 1.36 bits per heavy atom. The van der Waals surface area contributed by atoms with Crippen molar-refractivity contribution in [1.82, 2.24) is 24.9 Å². The van der Waals surface area contributed by atoms with E-state index in [9.17, 15) is 4.79 Å². The highest BCUT2D eigenvalue weighted by molar-refractivity contribution is 5.96. The first-order valence-electron chi connectivity index (χ1n) is 9.33. The van der Waals surface area contributed by atoms with Crippen LogP contribution in [0.3, 0.4) is 0 Å². The minimum Gasteiger partial charge on any atom is -0.338 e. The zero-order valence-electron chi connectivity index (χ0n) is 15.8. The van der Waals surface area contributed by atoms with E-state index in [-0.39, 0.29) is 5.91 Å². The lowest BCUT2D eigenvalue weighted by Crippen LogP contribution is -2.41. The molecule has 0 aliphatic carbocycles. The van der Waals surface area contributed by atoms with Gasteiger partial charge in [0.05, 0.1) is 17.5 Å². The number of aromatic amines is 1. The van der Waals surface area contributed by atoms with Crippen molar-refractivity contribution in [3.05, 3.63) is 34.4 Å². The number of H-pyrrole nitrogens is 1. The van der Waals surface area contributed by atoms with Crippen LogP contribution in [0, 0.1) is 26.7 Å². The van der Waals surface area contributed by atoms with Crippen molar-refractivity contribution >= 4 is 5.91 Å². The predicted octanol–water partition coefficient (Wildman–Crippen LogP) is 3.04. The summed E-state index contributed by atoms with van der Waals surface area (Å²) in [6.07, 6.45) is 6.07. The molecule has 0 bridgehead atoms. The van der Waals surface area contributed by atoms with Gasteiger partial charge in [0.15, 0.2) is 0 Å². The van der Waals surface area contributed by atoms with Crippen LogP contribution in [0.5, 0.6) is 0 Å². The topological polar surface area (TPSA) is 66.8 Å². The average molecular weight is 343 g/mol. The summed E-state index contributed by atoms with van der Waals surface area (Å²) in [4.78, 5) is 15.1. The second kappa shape index (κ2) is 7.42. The summed E-state index contributed by atoms with van der Waals surface area (Å²) >= 11 is 0. The number of aromatic nitrogens is 4. The number of carbonyl (C=O) groups excluding carboxylic acids is 1. The fourth-order valence-corrected chi connectivity index (χ4v) is 3.88. The van der Waals surface area contributed by atoms with Gasteiger partial charge >= 0.3 is 0 Å². The molecule has 6 nitrogen and oxygen atoms in total. The van der Waals surface area contributed by atoms with Crippen LogP contribution in [-0.2, 0) is 13.0 Å². The molecule has 1 aliphatic heterocycles. The first kappa shape index (κ1) is 17.7. The average Bonchev–Trinajstić information content (AvgIpc) is 3.11. The number of aryl methyl sites for hydroxylation is 3. The van der Waals surface area contributed by atoms with Crippen LogP contribution in [0.1, 0.15) is 59.2 Å². The number of amides is 1. The van der Waals surface area contributed by atoms with Gasteiger partial charge in [-0.05, 0) is 57.9 Å². The largest absolute Gasteiger partial charge is 0.338 e. The van der Waals surface area contributed by atoms with Crippen LogP contribution >= 0.6 is 0 Å². The van der Waals surface area contributed by atoms with Crippen LogP contribution in [-0.4, -0.2) is 43.9 Å². The Bertz CT molecular complexity index is 745. The standard InChI is InChI=1S/C19H29N5O/c1-5-8-24-15(4)18(14(3)22-24)19(25)23-9-6-7-16(12-23)10-17-13(2)11-20-21-17/h11,16H,5-10,12H2,1-4H3,(H,20,21). The number of hydrogen-bond donors (Lipinski definition) is 1. The van der Waals surface area contributed by atoms with Gasteiger partial charge in [0.2, 0.25) is 0 Å². The van der Waals surface area contributed by atoms with Crippen LogP contribution in [0.15, 0.2) is 6.20 Å². The van der Waals surface area contributed by atoms with Crippen molar-refractivity contribution in [1.29, 1.82) is 0 Å². The summed E-state index contributed by atoms with van der Waals surface area (Å²) in [7, 11) is 0. The Labute approximate surface area is 149 Å². The van der Waals surface area contributed by atoms with Crippen molar-refractivity contribution in [3.63, 3.8) is 0 Å². The van der Waals surface area contributed by atoms with Crippen molar-refractivity contribution in [2.75, 3.05) is 13.1 Å². The first-order valence-corrected chi connectivity index (χ1v) is 9.33. The fraction of sp³-hybridized carbons (Fsp3) is 0.632. The van der Waals surface area contributed by atoms with E-state index in [1.165, 1.54) is 11.3 Å². The normalized spacial score (nSPS) is 17.9. The Hall–Kier alpha value is -2.11. The van der Waals surface area contributed by atoms with Gasteiger partial charge < -0.3 is 4.90 Å². The predicted molar refractivity (Wildman–Crippen MR) is 97.6 cm³/mol. The highest BCUT2D eigenvalue weighted by Gasteiger charge is 2.28. The number of piperidine rings is 1. The maximum atomic E-state index is 13.1. The molecule has 3 rings (SSSR count). The zero-order chi connectivity index (χ0) is 18.0. The molecular formula is C19H29N5O. The second-order valence-corrected chi connectivity index (χ2v) is 7.26. The molecule has 1 unspecified atom stereocenters. The molecule has 136 valence electrons. The molecular weight excluding hydrogens is 314 g/mol. The third kappa shape index (κ3) is 3.62. The van der Waals surface area contributed by atoms with Gasteiger partial charge in [-0.1, -0.05) is 6.92 Å². The molecule has 1 saturated heterocycles. The highest BCUT2D eigenvalue weighted by Crippen LogP contribution is 2.24. The number of rotatable bonds is 5. The summed E-state index contributed by atoms with van der Waals surface area (Å²) in [6.45, 7) is 10.7. The summed E-state index contributed by atoms with van der Waals surface area (Å²) in [5.74, 6) is 0.631. The van der Waals surface area contributed by atoms with Crippen LogP contribution < -0.4 is 0 Å². The second-order valence-electron chi connectivity index (χ2n) is 7.26. The Balaban J connectivity index is 1.73. The van der Waals surface area contributed by atoms with E-state index in [1.54, 1.807) is 0 Å². The minimum absolute atomic E-state index is 0.142. The zero-order valence-corrected chi connectivity index (χ0v) is 15.8. The SMILES string of the molecule is CCCn1nc(C)c(C(=O)N2CCCC(Cc3[nH]ncc3C)C2)c1C. The molecule has 0 radical (unpaired) electrons. The van der Waals surface area contributed by atoms with E-state index >= 15 is 0 Å². The molecule has 1 aliphatic rings. The van der Waals surface area contributed by atoms with E-state index in [1.807, 2.05) is 29.6 Å². The van der Waals surface area contributed by atoms with E-state index in [0.29, 0.717) is 5.92 Å². The molecule has 0 saturated carbocycles. The molecule has 1 atom stereocenters. The molecule has 1 N–H and O–H groups in total. The van der Waals surface area contributed by atoms with Crippen LogP contribution in [0.4, 0.5) is 0 Å². The van der Waals surface area contributed by atoms with Crippen molar-refractivity contribution in [2.24, 2.45) is 5.92 Å².